The minimum Gasteiger partial charge on any atom is -0.356 e. The molecule has 0 unspecified atom stereocenters. The van der Waals surface area contributed by atoms with Crippen molar-refractivity contribution < 1.29 is 0 Å². The van der Waals surface area contributed by atoms with Crippen LogP contribution >= 0.6 is 0 Å². The molecule has 0 aliphatic heterocycles. The van der Waals surface area contributed by atoms with Gasteiger partial charge in [0.2, 0.25) is 0 Å². The zero-order valence-electron chi connectivity index (χ0n) is 26.9. The number of nitrogens with one attached hydrogen (secondary N) is 1. The molecule has 0 fully saturated rings. The van der Waals surface area contributed by atoms with Gasteiger partial charge in [0.25, 0.3) is 0 Å². The highest BCUT2D eigenvalue weighted by molar-refractivity contribution is 5.89. The largest absolute Gasteiger partial charge is 0.356 e. The van der Waals surface area contributed by atoms with Gasteiger partial charge in [-0.15, -0.1) is 0 Å². The Kier molecular flexibility index (Phi) is 6.27. The van der Waals surface area contributed by atoms with Crippen molar-refractivity contribution >= 4 is 16.9 Å². The molecule has 47 heavy (non-hydrogen) atoms. The quantitative estimate of drug-likeness (QED) is 0.206. The summed E-state index contributed by atoms with van der Waals surface area (Å²) in [7, 11) is 0. The molecule has 226 valence electrons. The summed E-state index contributed by atoms with van der Waals surface area (Å²) >= 11 is 0. The fourth-order valence-electron chi connectivity index (χ4n) is 8.61. The Morgan fingerprint density at radius 1 is 0.511 bits per heavy atom. The van der Waals surface area contributed by atoms with Crippen molar-refractivity contribution in [2.45, 2.75) is 37.5 Å². The van der Waals surface area contributed by atoms with Crippen molar-refractivity contribution in [3.63, 3.8) is 0 Å². The van der Waals surface area contributed by atoms with Crippen molar-refractivity contribution in [1.82, 2.24) is 0 Å². The van der Waals surface area contributed by atoms with Crippen LogP contribution in [0.2, 0.25) is 0 Å². The third-order valence-electron chi connectivity index (χ3n) is 10.8. The molecule has 0 bridgehead atoms. The lowest BCUT2D eigenvalue weighted by Crippen LogP contribution is -2.28. The van der Waals surface area contributed by atoms with E-state index in [0.29, 0.717) is 0 Å². The van der Waals surface area contributed by atoms with E-state index in [1.807, 2.05) is 0 Å². The standard InChI is InChI=1S/C46H37N/c1-45(2)41-19-11-9-17-37(41)39-28-26-36(30-43(39)45)47-35-24-21-31(22-25-35)32-23-27-40-38-18-10-12-20-42(38)46(44(40)29-32,33-13-5-3-6-14-33)34-15-7-4-8-16-34/h3-8,10-16,18-30,47H,9,17H2,1-2H3. The molecule has 1 nitrogen and oxygen atoms in total. The summed E-state index contributed by atoms with van der Waals surface area (Å²) in [5.74, 6) is 0. The third-order valence-corrected chi connectivity index (χ3v) is 10.8. The summed E-state index contributed by atoms with van der Waals surface area (Å²) in [6.07, 6.45) is 6.96. The topological polar surface area (TPSA) is 12.0 Å². The van der Waals surface area contributed by atoms with Crippen LogP contribution in [0.3, 0.4) is 0 Å². The van der Waals surface area contributed by atoms with Crippen molar-refractivity contribution in [1.29, 1.82) is 0 Å². The van der Waals surface area contributed by atoms with Crippen LogP contribution in [0.25, 0.3) is 27.8 Å². The van der Waals surface area contributed by atoms with Gasteiger partial charge < -0.3 is 5.32 Å². The van der Waals surface area contributed by atoms with Gasteiger partial charge in [0.15, 0.2) is 0 Å². The summed E-state index contributed by atoms with van der Waals surface area (Å²) in [4.78, 5) is 0. The minimum absolute atomic E-state index is 0.0328. The Bertz CT molecular complexity index is 2180. The van der Waals surface area contributed by atoms with Crippen LogP contribution in [-0.4, -0.2) is 0 Å². The smallest absolute Gasteiger partial charge is 0.0713 e. The summed E-state index contributed by atoms with van der Waals surface area (Å²) in [6, 6.07) is 53.9. The Morgan fingerprint density at radius 2 is 1.13 bits per heavy atom. The van der Waals surface area contributed by atoms with Gasteiger partial charge in [-0.05, 0) is 110 Å². The summed E-state index contributed by atoms with van der Waals surface area (Å²) in [6.45, 7) is 4.73. The number of fused-ring (bicyclic) bond motifs is 5. The summed E-state index contributed by atoms with van der Waals surface area (Å²) in [5, 5.41) is 3.70. The van der Waals surface area contributed by atoms with Crippen LogP contribution in [-0.2, 0) is 10.8 Å². The van der Waals surface area contributed by atoms with Crippen molar-refractivity contribution in [2.24, 2.45) is 0 Å². The predicted octanol–water partition coefficient (Wildman–Crippen LogP) is 11.9. The first-order chi connectivity index (χ1) is 23.0. The van der Waals surface area contributed by atoms with Gasteiger partial charge in [-0.3, -0.25) is 0 Å². The second kappa shape index (κ2) is 10.6. The van der Waals surface area contributed by atoms with E-state index in [-0.39, 0.29) is 5.41 Å². The summed E-state index contributed by atoms with van der Waals surface area (Å²) in [5.41, 5.74) is 18.1. The molecule has 9 rings (SSSR count). The first-order valence-corrected chi connectivity index (χ1v) is 16.8. The molecule has 0 saturated carbocycles. The fraction of sp³-hybridized carbons (Fsp3) is 0.130. The average Bonchev–Trinajstić information content (AvgIpc) is 3.55. The van der Waals surface area contributed by atoms with Gasteiger partial charge in [-0.25, -0.2) is 0 Å². The van der Waals surface area contributed by atoms with E-state index in [1.165, 1.54) is 66.8 Å². The molecule has 0 saturated heterocycles. The maximum Gasteiger partial charge on any atom is 0.0713 e. The number of hydrogen-bond acceptors (Lipinski definition) is 1. The van der Waals surface area contributed by atoms with Gasteiger partial charge in [-0.2, -0.15) is 0 Å². The van der Waals surface area contributed by atoms with E-state index in [4.69, 9.17) is 0 Å². The Balaban J connectivity index is 1.09. The van der Waals surface area contributed by atoms with Crippen molar-refractivity contribution in [3.05, 3.63) is 197 Å². The van der Waals surface area contributed by atoms with Crippen molar-refractivity contribution in [2.75, 3.05) is 5.32 Å². The minimum atomic E-state index is -0.392. The van der Waals surface area contributed by atoms with E-state index >= 15 is 0 Å². The van der Waals surface area contributed by atoms with Crippen LogP contribution in [0.15, 0.2) is 163 Å². The SMILES string of the molecule is CC1(C)C2=C(CCC=C2)c2ccc(Nc3ccc(-c4ccc5c(c4)C(c4ccccc4)(c4ccccc4)c4ccccc4-5)cc3)cc21. The molecule has 0 amide bonds. The first-order valence-electron chi connectivity index (χ1n) is 16.8. The molecule has 6 aromatic carbocycles. The van der Waals surface area contributed by atoms with Crippen LogP contribution in [0.5, 0.6) is 0 Å². The molecule has 6 aromatic rings. The second-order valence-corrected chi connectivity index (χ2v) is 13.7. The fourth-order valence-corrected chi connectivity index (χ4v) is 8.61. The van der Waals surface area contributed by atoms with Crippen LogP contribution < -0.4 is 5.32 Å². The second-order valence-electron chi connectivity index (χ2n) is 13.7. The number of benzene rings is 6. The molecule has 1 N–H and O–H groups in total. The van der Waals surface area contributed by atoms with Crippen LogP contribution in [0, 0.1) is 0 Å². The van der Waals surface area contributed by atoms with Gasteiger partial charge in [-0.1, -0.05) is 141 Å². The number of hydrogen-bond donors (Lipinski definition) is 1. The lowest BCUT2D eigenvalue weighted by molar-refractivity contribution is 0.651. The molecule has 0 atom stereocenters. The average molecular weight is 604 g/mol. The first kappa shape index (κ1) is 27.9. The molecule has 0 heterocycles. The number of anilines is 2. The number of rotatable bonds is 5. The van der Waals surface area contributed by atoms with Gasteiger partial charge >= 0.3 is 0 Å². The lowest BCUT2D eigenvalue weighted by Gasteiger charge is -2.34. The van der Waals surface area contributed by atoms with E-state index in [0.717, 1.165) is 24.2 Å². The number of allylic oxidation sites excluding steroid dienone is 4. The van der Waals surface area contributed by atoms with E-state index in [9.17, 15) is 0 Å². The molecular weight excluding hydrogens is 567 g/mol. The predicted molar refractivity (Wildman–Crippen MR) is 197 cm³/mol. The molecule has 0 radical (unpaired) electrons. The zero-order chi connectivity index (χ0) is 31.6. The van der Waals surface area contributed by atoms with E-state index < -0.39 is 5.41 Å². The molecular formula is C46H37N. The molecule has 3 aliphatic rings. The maximum absolute atomic E-state index is 3.70. The Labute approximate surface area is 278 Å². The maximum atomic E-state index is 3.70. The zero-order valence-corrected chi connectivity index (χ0v) is 26.9. The lowest BCUT2D eigenvalue weighted by atomic mass is 9.67. The highest BCUT2D eigenvalue weighted by Gasteiger charge is 2.46. The summed E-state index contributed by atoms with van der Waals surface area (Å²) < 4.78 is 0. The molecule has 0 spiro atoms. The van der Waals surface area contributed by atoms with Gasteiger partial charge in [0.1, 0.15) is 0 Å². The monoisotopic (exact) mass is 603 g/mol. The molecule has 0 aromatic heterocycles. The van der Waals surface area contributed by atoms with Gasteiger partial charge in [0.05, 0.1) is 5.41 Å². The normalized spacial score (nSPS) is 16.3. The van der Waals surface area contributed by atoms with E-state index in [2.05, 4.69) is 177 Å². The highest BCUT2D eigenvalue weighted by Crippen LogP contribution is 2.57. The highest BCUT2D eigenvalue weighted by atomic mass is 14.9. The van der Waals surface area contributed by atoms with E-state index in [1.54, 1.807) is 0 Å². The van der Waals surface area contributed by atoms with Crippen LogP contribution in [0.4, 0.5) is 11.4 Å². The Morgan fingerprint density at radius 3 is 1.87 bits per heavy atom. The Hall–Kier alpha value is -5.40. The molecule has 3 aliphatic carbocycles. The third kappa shape index (κ3) is 4.16. The molecule has 1 heteroatoms. The van der Waals surface area contributed by atoms with Gasteiger partial charge in [0, 0.05) is 16.8 Å². The van der Waals surface area contributed by atoms with Crippen molar-refractivity contribution in [3.8, 4) is 22.3 Å². The van der Waals surface area contributed by atoms with Crippen LogP contribution in [0.1, 0.15) is 60.1 Å².